The lowest BCUT2D eigenvalue weighted by Crippen LogP contribution is -2.69. The quantitative estimate of drug-likeness (QED) is 0.191. The molecule has 3 unspecified atom stereocenters. The van der Waals surface area contributed by atoms with Gasteiger partial charge < -0.3 is 14.0 Å². The van der Waals surface area contributed by atoms with Crippen molar-refractivity contribution < 1.29 is 27.5 Å². The van der Waals surface area contributed by atoms with E-state index in [-0.39, 0.29) is 0 Å². The molecule has 1 saturated carbocycles. The standard InChI is InChI=1S/C38H42F2O4Si2/c1-35(2,3)45(42,29-17-9-7-10-18-29)31-21-13-15-27(25-31)28-16-14-22-32(26-28)46(36(4,5)6,30-19-11-8-12-20-30)44-33-37(23-24-37)43-34(41)38(33,39)40/h7-22,25-26,33,42H,23-24H2,1-6H3. The fourth-order valence-electron chi connectivity index (χ4n) is 7.16. The van der Waals surface area contributed by atoms with Crippen molar-refractivity contribution in [3.8, 4) is 11.1 Å². The number of esters is 1. The molecule has 1 spiro atoms. The summed E-state index contributed by atoms with van der Waals surface area (Å²) in [6, 6.07) is 35.6. The molecule has 1 saturated heterocycles. The molecule has 46 heavy (non-hydrogen) atoms. The smallest absolute Gasteiger partial charge is 0.380 e. The predicted molar refractivity (Wildman–Crippen MR) is 184 cm³/mol. The highest BCUT2D eigenvalue weighted by molar-refractivity contribution is 7.00. The van der Waals surface area contributed by atoms with E-state index >= 15 is 8.78 Å². The maximum atomic E-state index is 15.6. The highest BCUT2D eigenvalue weighted by Crippen LogP contribution is 2.56. The second kappa shape index (κ2) is 11.1. The third kappa shape index (κ3) is 5.10. The summed E-state index contributed by atoms with van der Waals surface area (Å²) in [5, 5.41) is 2.51. The van der Waals surface area contributed by atoms with Crippen LogP contribution >= 0.6 is 0 Å². The van der Waals surface area contributed by atoms with Crippen LogP contribution in [0.5, 0.6) is 0 Å². The fourth-order valence-corrected chi connectivity index (χ4v) is 15.4. The van der Waals surface area contributed by atoms with Gasteiger partial charge in [0.15, 0.2) is 6.10 Å². The largest absolute Gasteiger partial charge is 0.452 e. The highest BCUT2D eigenvalue weighted by atomic mass is 28.4. The highest BCUT2D eigenvalue weighted by Gasteiger charge is 2.75. The van der Waals surface area contributed by atoms with Crippen molar-refractivity contribution in [1.82, 2.24) is 0 Å². The molecule has 1 aliphatic carbocycles. The minimum absolute atomic E-state index is 0.358. The summed E-state index contributed by atoms with van der Waals surface area (Å²) < 4.78 is 43.4. The van der Waals surface area contributed by atoms with E-state index in [9.17, 15) is 9.59 Å². The molecular weight excluding hydrogens is 615 g/mol. The zero-order valence-corrected chi connectivity index (χ0v) is 29.3. The van der Waals surface area contributed by atoms with Gasteiger partial charge in [-0.15, -0.1) is 0 Å². The normalized spacial score (nSPS) is 21.3. The second-order valence-corrected chi connectivity index (χ2v) is 23.2. The zero-order chi connectivity index (χ0) is 33.2. The average Bonchev–Trinajstić information content (AvgIpc) is 3.77. The maximum Gasteiger partial charge on any atom is 0.380 e. The molecule has 4 aromatic rings. The van der Waals surface area contributed by atoms with Crippen LogP contribution in [-0.4, -0.2) is 45.0 Å². The Balaban J connectivity index is 1.52. The van der Waals surface area contributed by atoms with Crippen molar-refractivity contribution in [1.29, 1.82) is 0 Å². The maximum absolute atomic E-state index is 15.6. The molecule has 1 aliphatic heterocycles. The summed E-state index contributed by atoms with van der Waals surface area (Å²) in [6.07, 6.45) is -0.960. The Bertz CT molecular complexity index is 1750. The second-order valence-electron chi connectivity index (χ2n) is 14.9. The van der Waals surface area contributed by atoms with Crippen LogP contribution in [-0.2, 0) is 14.0 Å². The third-order valence-electron chi connectivity index (χ3n) is 9.81. The average molecular weight is 657 g/mol. The summed E-state index contributed by atoms with van der Waals surface area (Å²) in [6.45, 7) is 12.3. The molecule has 4 aromatic carbocycles. The summed E-state index contributed by atoms with van der Waals surface area (Å²) in [5.74, 6) is -5.25. The van der Waals surface area contributed by atoms with Crippen molar-refractivity contribution >= 4 is 43.4 Å². The van der Waals surface area contributed by atoms with E-state index in [2.05, 4.69) is 32.9 Å². The molecule has 0 aromatic heterocycles. The van der Waals surface area contributed by atoms with Gasteiger partial charge in [-0.2, -0.15) is 8.78 Å². The van der Waals surface area contributed by atoms with E-state index in [1.54, 1.807) is 0 Å². The lowest BCUT2D eigenvalue weighted by atomic mass is 10.1. The van der Waals surface area contributed by atoms with Gasteiger partial charge in [0.25, 0.3) is 16.6 Å². The Morgan fingerprint density at radius 3 is 1.67 bits per heavy atom. The first-order chi connectivity index (χ1) is 21.6. The first-order valence-electron chi connectivity index (χ1n) is 15.9. The number of benzene rings is 4. The predicted octanol–water partition coefficient (Wildman–Crippen LogP) is 6.18. The molecule has 1 N–H and O–H groups in total. The van der Waals surface area contributed by atoms with Crippen molar-refractivity contribution in [2.45, 2.75) is 82.1 Å². The van der Waals surface area contributed by atoms with E-state index < -0.39 is 50.3 Å². The number of ether oxygens (including phenoxy) is 1. The van der Waals surface area contributed by atoms with Crippen LogP contribution in [0.15, 0.2) is 109 Å². The number of halogens is 2. The van der Waals surface area contributed by atoms with Gasteiger partial charge in [-0.25, -0.2) is 4.79 Å². The number of hydrogen-bond acceptors (Lipinski definition) is 4. The van der Waals surface area contributed by atoms with E-state index in [1.807, 2.05) is 118 Å². The summed E-state index contributed by atoms with van der Waals surface area (Å²) in [5.41, 5.74) is 0.522. The molecule has 6 rings (SSSR count). The molecule has 0 bridgehead atoms. The fraction of sp³-hybridized carbons (Fsp3) is 0.342. The molecule has 2 fully saturated rings. The summed E-state index contributed by atoms with van der Waals surface area (Å²) in [4.78, 5) is 24.9. The van der Waals surface area contributed by atoms with Crippen LogP contribution in [0.25, 0.3) is 11.1 Å². The SMILES string of the molecule is CC(C)(C)[Si](O)(c1ccccc1)c1cccc(-c2cccc([Si](OC3C4(CC4)OC(=O)C3(F)F)(c3ccccc3)C(C)(C)C)c2)c1. The van der Waals surface area contributed by atoms with Gasteiger partial charge in [0.05, 0.1) is 0 Å². The van der Waals surface area contributed by atoms with Gasteiger partial charge in [0.1, 0.15) is 5.60 Å². The van der Waals surface area contributed by atoms with E-state index in [4.69, 9.17) is 9.16 Å². The number of carbonyl (C=O) groups excluding carboxylic acids is 1. The van der Waals surface area contributed by atoms with Gasteiger partial charge in [-0.05, 0) is 54.8 Å². The molecule has 8 heteroatoms. The summed E-state index contributed by atoms with van der Waals surface area (Å²) >= 11 is 0. The Morgan fingerprint density at radius 1 is 0.696 bits per heavy atom. The minimum atomic E-state index is -3.75. The molecule has 2 aliphatic rings. The number of rotatable bonds is 7. The number of alkyl halides is 2. The van der Waals surface area contributed by atoms with Gasteiger partial charge in [0.2, 0.25) is 0 Å². The van der Waals surface area contributed by atoms with Crippen molar-refractivity contribution in [2.24, 2.45) is 0 Å². The van der Waals surface area contributed by atoms with Crippen LogP contribution in [0, 0.1) is 0 Å². The van der Waals surface area contributed by atoms with E-state index in [1.165, 1.54) is 0 Å². The van der Waals surface area contributed by atoms with Crippen molar-refractivity contribution in [2.75, 3.05) is 0 Å². The van der Waals surface area contributed by atoms with Crippen LogP contribution < -0.4 is 20.7 Å². The lowest BCUT2D eigenvalue weighted by molar-refractivity contribution is -0.162. The molecule has 0 amide bonds. The van der Waals surface area contributed by atoms with Crippen LogP contribution in [0.3, 0.4) is 0 Å². The van der Waals surface area contributed by atoms with Gasteiger partial charge >= 0.3 is 11.9 Å². The Labute approximate surface area is 272 Å². The lowest BCUT2D eigenvalue weighted by Gasteiger charge is -2.45. The van der Waals surface area contributed by atoms with Crippen LogP contribution in [0.4, 0.5) is 8.78 Å². The van der Waals surface area contributed by atoms with Crippen molar-refractivity contribution in [3.63, 3.8) is 0 Å². The first kappa shape index (κ1) is 32.5. The van der Waals surface area contributed by atoms with Gasteiger partial charge in [-0.3, -0.25) is 0 Å². The van der Waals surface area contributed by atoms with Crippen LogP contribution in [0.1, 0.15) is 54.4 Å². The summed E-state index contributed by atoms with van der Waals surface area (Å²) in [7, 11) is -6.73. The Hall–Kier alpha value is -3.44. The molecule has 4 nitrogen and oxygen atoms in total. The number of hydrogen-bond donors (Lipinski definition) is 1. The Morgan fingerprint density at radius 2 is 1.17 bits per heavy atom. The zero-order valence-electron chi connectivity index (χ0n) is 27.3. The van der Waals surface area contributed by atoms with Gasteiger partial charge in [-0.1, -0.05) is 151 Å². The molecule has 3 atom stereocenters. The number of carbonyl (C=O) groups is 1. The molecule has 240 valence electrons. The molecular formula is C38H42F2O4Si2. The third-order valence-corrected chi connectivity index (χ3v) is 19.3. The molecule has 0 radical (unpaired) electrons. The van der Waals surface area contributed by atoms with Crippen LogP contribution in [0.2, 0.25) is 10.1 Å². The van der Waals surface area contributed by atoms with Crippen molar-refractivity contribution in [3.05, 3.63) is 109 Å². The minimum Gasteiger partial charge on any atom is -0.452 e. The monoisotopic (exact) mass is 656 g/mol. The van der Waals surface area contributed by atoms with E-state index in [0.717, 1.165) is 31.9 Å². The van der Waals surface area contributed by atoms with E-state index in [0.29, 0.717) is 12.8 Å². The topological polar surface area (TPSA) is 55.8 Å². The Kier molecular flexibility index (Phi) is 7.83. The first-order valence-corrected chi connectivity index (χ1v) is 19.8. The molecule has 1 heterocycles. The van der Waals surface area contributed by atoms with Gasteiger partial charge in [0, 0.05) is 0 Å².